The molecule has 0 radical (unpaired) electrons. The van der Waals surface area contributed by atoms with E-state index in [9.17, 15) is 0 Å². The third kappa shape index (κ3) is 5.68. The van der Waals surface area contributed by atoms with Crippen molar-refractivity contribution in [2.24, 2.45) is 16.8 Å². The lowest BCUT2D eigenvalue weighted by Gasteiger charge is -2.39. The third-order valence-corrected chi connectivity index (χ3v) is 8.35. The zero-order valence-electron chi connectivity index (χ0n) is 23.4. The van der Waals surface area contributed by atoms with Crippen LogP contribution in [0.2, 0.25) is 5.02 Å². The van der Waals surface area contributed by atoms with Crippen molar-refractivity contribution in [3.05, 3.63) is 119 Å². The van der Waals surface area contributed by atoms with Crippen molar-refractivity contribution in [1.29, 1.82) is 5.41 Å². The number of furan rings is 1. The van der Waals surface area contributed by atoms with Crippen molar-refractivity contribution in [2.45, 2.75) is 39.2 Å². The maximum Gasteiger partial charge on any atom is 0.154 e. The fraction of sp³-hybridized carbons (Fsp3) is 0.257. The lowest BCUT2D eigenvalue weighted by Crippen LogP contribution is -2.44. The summed E-state index contributed by atoms with van der Waals surface area (Å²) < 4.78 is 6.24. The van der Waals surface area contributed by atoms with Crippen LogP contribution in [0.5, 0.6) is 0 Å². The van der Waals surface area contributed by atoms with Crippen molar-refractivity contribution >= 4 is 45.2 Å². The molecule has 1 aromatic heterocycles. The van der Waals surface area contributed by atoms with E-state index in [1.807, 2.05) is 60.7 Å². The van der Waals surface area contributed by atoms with Gasteiger partial charge in [-0.3, -0.25) is 5.41 Å². The summed E-state index contributed by atoms with van der Waals surface area (Å²) in [7, 11) is 2.12. The second-order valence-corrected chi connectivity index (χ2v) is 11.1. The summed E-state index contributed by atoms with van der Waals surface area (Å²) in [5.74, 6) is 1.87. The summed E-state index contributed by atoms with van der Waals surface area (Å²) in [6.07, 6.45) is 11.6. The van der Waals surface area contributed by atoms with Crippen molar-refractivity contribution in [1.82, 2.24) is 4.90 Å². The molecule has 3 atom stereocenters. The van der Waals surface area contributed by atoms with Gasteiger partial charge in [-0.15, -0.1) is 0 Å². The molecule has 4 aromatic rings. The Hall–Kier alpha value is -3.89. The molecule has 0 fully saturated rings. The SMILES string of the molecule is C=C1C=CC[C@@H](N(C)C(=NC(=N)c2ccccc2)c2cccc3oc4cc(Cl)ccc4c23)[C@H]([C@@H](C)CC)C/C=C\1. The van der Waals surface area contributed by atoms with E-state index < -0.39 is 0 Å². The summed E-state index contributed by atoms with van der Waals surface area (Å²) in [6, 6.07) is 21.7. The van der Waals surface area contributed by atoms with Crippen LogP contribution in [-0.4, -0.2) is 29.7 Å². The van der Waals surface area contributed by atoms with Crippen molar-refractivity contribution in [3.63, 3.8) is 0 Å². The lowest BCUT2D eigenvalue weighted by molar-refractivity contribution is 0.196. The Morgan fingerprint density at radius 2 is 1.80 bits per heavy atom. The Labute approximate surface area is 241 Å². The highest BCUT2D eigenvalue weighted by Crippen LogP contribution is 2.36. The fourth-order valence-electron chi connectivity index (χ4n) is 5.72. The first-order valence-electron chi connectivity index (χ1n) is 14.0. The molecule has 1 aliphatic carbocycles. The standard InChI is InChI=1S/C35H36ClN3O/c1-5-24(3)27-16-9-12-23(2)13-10-18-30(27)39(4)35(38-34(37)25-14-7-6-8-15-25)29-17-11-19-31-33(29)28-21-20-26(36)22-32(28)40-31/h6-15,17,19-22,24,27,30,37H,2,5,16,18H2,1,3-4H3/b12-9-,13-10?,37-34?,38-35?/t24-,27-,30+/m0/s1. The molecule has 0 aliphatic heterocycles. The van der Waals surface area contributed by atoms with Gasteiger partial charge >= 0.3 is 0 Å². The first-order valence-corrected chi connectivity index (χ1v) is 14.3. The van der Waals surface area contributed by atoms with Gasteiger partial charge in [0.05, 0.1) is 0 Å². The zero-order valence-corrected chi connectivity index (χ0v) is 24.2. The fourth-order valence-corrected chi connectivity index (χ4v) is 5.88. The number of benzene rings is 3. The highest BCUT2D eigenvalue weighted by Gasteiger charge is 2.31. The minimum absolute atomic E-state index is 0.159. The van der Waals surface area contributed by atoms with E-state index in [4.69, 9.17) is 26.4 Å². The zero-order chi connectivity index (χ0) is 28.2. The Morgan fingerprint density at radius 3 is 2.55 bits per heavy atom. The lowest BCUT2D eigenvalue weighted by atomic mass is 9.80. The molecule has 0 spiro atoms. The molecule has 204 valence electrons. The first-order chi connectivity index (χ1) is 19.4. The maximum atomic E-state index is 9.00. The van der Waals surface area contributed by atoms with Crippen molar-refractivity contribution < 1.29 is 4.42 Å². The molecule has 0 saturated carbocycles. The quantitative estimate of drug-likeness (QED) is 0.199. The van der Waals surface area contributed by atoms with Crippen molar-refractivity contribution in [3.8, 4) is 0 Å². The van der Waals surface area contributed by atoms with Gasteiger partial charge in [-0.05, 0) is 48.4 Å². The predicted molar refractivity (Wildman–Crippen MR) is 170 cm³/mol. The number of hydrogen-bond donors (Lipinski definition) is 1. The molecule has 0 bridgehead atoms. The van der Waals surface area contributed by atoms with E-state index >= 15 is 0 Å². The minimum Gasteiger partial charge on any atom is -0.456 e. The van der Waals surface area contributed by atoms with Gasteiger partial charge in [-0.25, -0.2) is 4.99 Å². The Bertz CT molecular complexity index is 1630. The molecule has 1 heterocycles. The smallest absolute Gasteiger partial charge is 0.154 e. The number of rotatable bonds is 5. The number of amidine groups is 2. The van der Waals surface area contributed by atoms with E-state index in [1.54, 1.807) is 0 Å². The van der Waals surface area contributed by atoms with Gasteiger partial charge in [0.2, 0.25) is 0 Å². The van der Waals surface area contributed by atoms with E-state index in [0.717, 1.165) is 63.7 Å². The minimum atomic E-state index is 0.159. The van der Waals surface area contributed by atoms with Gasteiger partial charge in [-0.1, -0.05) is 105 Å². The molecule has 3 aromatic carbocycles. The number of nitrogens with one attached hydrogen (secondary N) is 1. The summed E-state index contributed by atoms with van der Waals surface area (Å²) in [4.78, 5) is 7.35. The Kier molecular flexibility index (Phi) is 8.37. The molecular formula is C35H36ClN3O. The first kappa shape index (κ1) is 27.7. The van der Waals surface area contributed by atoms with Crippen LogP contribution >= 0.6 is 11.6 Å². The normalized spacial score (nSPS) is 19.7. The van der Waals surface area contributed by atoms with Gasteiger partial charge in [0.15, 0.2) is 5.84 Å². The molecule has 5 heteroatoms. The number of allylic oxidation sites excluding steroid dienone is 4. The van der Waals surface area contributed by atoms with Gasteiger partial charge < -0.3 is 9.32 Å². The molecule has 0 unspecified atom stereocenters. The summed E-state index contributed by atoms with van der Waals surface area (Å²) in [5.41, 5.74) is 4.24. The third-order valence-electron chi connectivity index (χ3n) is 8.12. The number of nitrogens with zero attached hydrogens (tertiary/aromatic N) is 2. The molecule has 1 aliphatic rings. The van der Waals surface area contributed by atoms with Crippen LogP contribution in [-0.2, 0) is 0 Å². The van der Waals surface area contributed by atoms with Crippen LogP contribution in [0, 0.1) is 17.2 Å². The van der Waals surface area contributed by atoms with Crippen LogP contribution < -0.4 is 0 Å². The van der Waals surface area contributed by atoms with Crippen LogP contribution in [0.3, 0.4) is 0 Å². The summed E-state index contributed by atoms with van der Waals surface area (Å²) in [5, 5.41) is 11.6. The van der Waals surface area contributed by atoms with E-state index in [-0.39, 0.29) is 11.9 Å². The van der Waals surface area contributed by atoms with Gasteiger partial charge in [0.1, 0.15) is 17.0 Å². The highest BCUT2D eigenvalue weighted by molar-refractivity contribution is 6.31. The van der Waals surface area contributed by atoms with Crippen LogP contribution in [0.4, 0.5) is 0 Å². The average molecular weight is 550 g/mol. The second kappa shape index (κ2) is 12.1. The molecule has 40 heavy (non-hydrogen) atoms. The van der Waals surface area contributed by atoms with E-state index in [1.165, 1.54) is 0 Å². The average Bonchev–Trinajstić information content (AvgIpc) is 3.37. The Balaban J connectivity index is 1.71. The molecular weight excluding hydrogens is 514 g/mol. The summed E-state index contributed by atoms with van der Waals surface area (Å²) >= 11 is 6.31. The topological polar surface area (TPSA) is 52.6 Å². The maximum absolute atomic E-state index is 9.00. The number of halogens is 1. The highest BCUT2D eigenvalue weighted by atomic mass is 35.5. The van der Waals surface area contributed by atoms with Gasteiger partial charge in [-0.2, -0.15) is 0 Å². The summed E-state index contributed by atoms with van der Waals surface area (Å²) in [6.45, 7) is 8.78. The van der Waals surface area contributed by atoms with E-state index in [2.05, 4.69) is 62.7 Å². The van der Waals surface area contributed by atoms with Gasteiger partial charge in [0, 0.05) is 46.1 Å². The number of fused-ring (bicyclic) bond motifs is 3. The molecule has 0 amide bonds. The predicted octanol–water partition coefficient (Wildman–Crippen LogP) is 9.44. The van der Waals surface area contributed by atoms with Crippen LogP contribution in [0.15, 0.2) is 113 Å². The van der Waals surface area contributed by atoms with Crippen LogP contribution in [0.25, 0.3) is 21.9 Å². The van der Waals surface area contributed by atoms with Crippen LogP contribution in [0.1, 0.15) is 44.2 Å². The number of hydrogen-bond acceptors (Lipinski definition) is 2. The Morgan fingerprint density at radius 1 is 1.05 bits per heavy atom. The molecule has 0 saturated heterocycles. The second-order valence-electron chi connectivity index (χ2n) is 10.6. The number of aliphatic imine (C=N–C) groups is 1. The molecule has 5 rings (SSSR count). The van der Waals surface area contributed by atoms with E-state index in [0.29, 0.717) is 16.9 Å². The monoisotopic (exact) mass is 549 g/mol. The molecule has 4 nitrogen and oxygen atoms in total. The largest absolute Gasteiger partial charge is 0.456 e. The van der Waals surface area contributed by atoms with Gasteiger partial charge in [0.25, 0.3) is 0 Å². The molecule has 1 N–H and O–H groups in total. The van der Waals surface area contributed by atoms with Crippen molar-refractivity contribution in [2.75, 3.05) is 7.05 Å².